The smallest absolute Gasteiger partial charge is 0.119 e. The predicted octanol–water partition coefficient (Wildman–Crippen LogP) is 5.53. The molecule has 0 aliphatic heterocycles. The highest BCUT2D eigenvalue weighted by molar-refractivity contribution is 8.21. The molecule has 1 nitrogen and oxygen atoms in total. The molecule has 1 aromatic rings. The van der Waals surface area contributed by atoms with Gasteiger partial charge in [0.25, 0.3) is 0 Å². The van der Waals surface area contributed by atoms with Gasteiger partial charge in [-0.1, -0.05) is 26.7 Å². The largest absolute Gasteiger partial charge is 0.493 e. The van der Waals surface area contributed by atoms with E-state index in [1.165, 1.54) is 43.1 Å². The summed E-state index contributed by atoms with van der Waals surface area (Å²) in [4.78, 5) is 1.06. The molecule has 17 heavy (non-hydrogen) atoms. The van der Waals surface area contributed by atoms with Crippen molar-refractivity contribution >= 4 is 21.7 Å². The molecule has 1 fully saturated rings. The third-order valence-corrected chi connectivity index (χ3v) is 4.11. The first-order valence-corrected chi connectivity index (χ1v) is 7.54. The lowest BCUT2D eigenvalue weighted by molar-refractivity contribution is 0.209. The van der Waals surface area contributed by atoms with Crippen LogP contribution in [-0.4, -0.2) is 6.61 Å². The van der Waals surface area contributed by atoms with Crippen LogP contribution in [0.25, 0.3) is 0 Å². The molecule has 1 saturated carbocycles. The molecule has 0 bridgehead atoms. The molecule has 1 aromatic carbocycles. The standard InChI is InChI=1S/C13H17ClOS.CH4/c14-16-13-8-6-12(7-9-13)15-10-11-4-2-1-3-5-11;/h6-9,11H,1-5,10H2;1H4. The van der Waals surface area contributed by atoms with E-state index in [4.69, 9.17) is 15.4 Å². The molecule has 0 N–H and O–H groups in total. The summed E-state index contributed by atoms with van der Waals surface area (Å²) in [5.41, 5.74) is 0. The van der Waals surface area contributed by atoms with Crippen molar-refractivity contribution in [3.05, 3.63) is 24.3 Å². The van der Waals surface area contributed by atoms with E-state index in [-0.39, 0.29) is 7.43 Å². The quantitative estimate of drug-likeness (QED) is 0.713. The number of hydrogen-bond donors (Lipinski definition) is 0. The fourth-order valence-electron chi connectivity index (χ4n) is 2.16. The molecular formula is C14H21ClOS. The van der Waals surface area contributed by atoms with Crippen LogP contribution in [0.4, 0.5) is 0 Å². The van der Waals surface area contributed by atoms with Gasteiger partial charge in [-0.15, -0.1) is 0 Å². The van der Waals surface area contributed by atoms with E-state index in [9.17, 15) is 0 Å². The zero-order valence-corrected chi connectivity index (χ0v) is 10.9. The van der Waals surface area contributed by atoms with E-state index < -0.39 is 0 Å². The van der Waals surface area contributed by atoms with Crippen LogP contribution in [0.3, 0.4) is 0 Å². The lowest BCUT2D eigenvalue weighted by Gasteiger charge is -2.21. The highest BCUT2D eigenvalue weighted by Crippen LogP contribution is 2.26. The van der Waals surface area contributed by atoms with Crippen molar-refractivity contribution in [3.8, 4) is 5.75 Å². The number of halogens is 1. The van der Waals surface area contributed by atoms with Crippen LogP contribution in [-0.2, 0) is 0 Å². The Hall–Kier alpha value is -0.340. The van der Waals surface area contributed by atoms with Crippen molar-refractivity contribution in [2.45, 2.75) is 44.4 Å². The summed E-state index contributed by atoms with van der Waals surface area (Å²) in [5, 5.41) is 0. The fourth-order valence-corrected chi connectivity index (χ4v) is 2.70. The Kier molecular flexibility index (Phi) is 6.83. The Morgan fingerprint density at radius 1 is 1.12 bits per heavy atom. The average Bonchev–Trinajstić information content (AvgIpc) is 2.38. The molecule has 3 heteroatoms. The van der Waals surface area contributed by atoms with Crippen LogP contribution >= 0.6 is 21.7 Å². The topological polar surface area (TPSA) is 9.23 Å². The van der Waals surface area contributed by atoms with Crippen molar-refractivity contribution in [2.75, 3.05) is 6.61 Å². The Balaban J connectivity index is 0.00000144. The summed E-state index contributed by atoms with van der Waals surface area (Å²) in [7, 11) is 6.89. The predicted molar refractivity (Wildman–Crippen MR) is 77.0 cm³/mol. The van der Waals surface area contributed by atoms with Gasteiger partial charge >= 0.3 is 0 Å². The molecule has 1 aliphatic carbocycles. The fraction of sp³-hybridized carbons (Fsp3) is 0.571. The van der Waals surface area contributed by atoms with E-state index in [0.29, 0.717) is 0 Å². The highest BCUT2D eigenvalue weighted by atomic mass is 35.7. The van der Waals surface area contributed by atoms with Gasteiger partial charge in [-0.05, 0) is 64.7 Å². The van der Waals surface area contributed by atoms with Gasteiger partial charge in [0.2, 0.25) is 0 Å². The van der Waals surface area contributed by atoms with E-state index in [1.54, 1.807) is 0 Å². The number of hydrogen-bond acceptors (Lipinski definition) is 2. The second-order valence-electron chi connectivity index (χ2n) is 4.36. The lowest BCUT2D eigenvalue weighted by Crippen LogP contribution is -2.15. The first-order valence-electron chi connectivity index (χ1n) is 5.90. The third-order valence-electron chi connectivity index (χ3n) is 3.12. The Bertz CT molecular complexity index is 307. The minimum Gasteiger partial charge on any atom is -0.493 e. The van der Waals surface area contributed by atoms with Gasteiger partial charge in [-0.3, -0.25) is 0 Å². The molecule has 96 valence electrons. The number of ether oxygens (including phenoxy) is 1. The van der Waals surface area contributed by atoms with Crippen molar-refractivity contribution in [2.24, 2.45) is 5.92 Å². The maximum absolute atomic E-state index is 5.79. The van der Waals surface area contributed by atoms with E-state index >= 15 is 0 Å². The summed E-state index contributed by atoms with van der Waals surface area (Å²) in [6.45, 7) is 0.868. The van der Waals surface area contributed by atoms with E-state index in [2.05, 4.69) is 0 Å². The summed E-state index contributed by atoms with van der Waals surface area (Å²) in [5.74, 6) is 1.72. The van der Waals surface area contributed by atoms with Gasteiger partial charge < -0.3 is 4.74 Å². The van der Waals surface area contributed by atoms with Gasteiger partial charge in [0.05, 0.1) is 6.61 Å². The molecule has 2 rings (SSSR count). The van der Waals surface area contributed by atoms with Gasteiger partial charge in [-0.2, -0.15) is 0 Å². The summed E-state index contributed by atoms with van der Waals surface area (Å²) in [6.07, 6.45) is 6.80. The van der Waals surface area contributed by atoms with Gasteiger partial charge in [0.1, 0.15) is 5.75 Å². The molecule has 0 unspecified atom stereocenters. The van der Waals surface area contributed by atoms with Gasteiger partial charge in [0, 0.05) is 4.90 Å². The second kappa shape index (κ2) is 7.88. The molecule has 0 spiro atoms. The summed E-state index contributed by atoms with van der Waals surface area (Å²) >= 11 is 0. The first kappa shape index (κ1) is 14.7. The average molecular weight is 273 g/mol. The Morgan fingerprint density at radius 3 is 2.35 bits per heavy atom. The minimum absolute atomic E-state index is 0. The number of benzene rings is 1. The molecule has 0 saturated heterocycles. The van der Waals surface area contributed by atoms with Crippen molar-refractivity contribution in [1.82, 2.24) is 0 Å². The monoisotopic (exact) mass is 272 g/mol. The van der Waals surface area contributed by atoms with E-state index in [0.717, 1.165) is 23.2 Å². The lowest BCUT2D eigenvalue weighted by atomic mass is 9.90. The van der Waals surface area contributed by atoms with Crippen LogP contribution in [0.1, 0.15) is 39.5 Å². The van der Waals surface area contributed by atoms with Crippen LogP contribution < -0.4 is 4.74 Å². The van der Waals surface area contributed by atoms with Crippen LogP contribution in [0.2, 0.25) is 0 Å². The Morgan fingerprint density at radius 2 is 1.76 bits per heavy atom. The van der Waals surface area contributed by atoms with Crippen LogP contribution in [0.5, 0.6) is 5.75 Å². The van der Waals surface area contributed by atoms with Crippen LogP contribution in [0.15, 0.2) is 29.2 Å². The number of rotatable bonds is 4. The molecule has 0 amide bonds. The van der Waals surface area contributed by atoms with Crippen molar-refractivity contribution in [1.29, 1.82) is 0 Å². The zero-order chi connectivity index (χ0) is 11.2. The SMILES string of the molecule is C.ClSc1ccc(OCC2CCCCC2)cc1. The molecule has 1 aliphatic rings. The molecule has 0 atom stereocenters. The highest BCUT2D eigenvalue weighted by Gasteiger charge is 2.13. The summed E-state index contributed by atoms with van der Waals surface area (Å²) in [6, 6.07) is 7.98. The molecule has 0 heterocycles. The summed E-state index contributed by atoms with van der Waals surface area (Å²) < 4.78 is 5.79. The van der Waals surface area contributed by atoms with Gasteiger partial charge in [-0.25, -0.2) is 0 Å². The van der Waals surface area contributed by atoms with Crippen molar-refractivity contribution in [3.63, 3.8) is 0 Å². The third kappa shape index (κ3) is 4.81. The maximum Gasteiger partial charge on any atom is 0.119 e. The zero-order valence-electron chi connectivity index (χ0n) is 9.32. The molecular weight excluding hydrogens is 252 g/mol. The normalized spacial score (nSPS) is 16.3. The van der Waals surface area contributed by atoms with Gasteiger partial charge in [0.15, 0.2) is 0 Å². The first-order chi connectivity index (χ1) is 7.88. The Labute approximate surface area is 113 Å². The molecule has 0 aromatic heterocycles. The minimum atomic E-state index is 0. The maximum atomic E-state index is 5.79. The molecule has 0 radical (unpaired) electrons. The van der Waals surface area contributed by atoms with Crippen LogP contribution in [0, 0.1) is 5.92 Å². The second-order valence-corrected chi connectivity index (χ2v) is 5.45. The van der Waals surface area contributed by atoms with Crippen molar-refractivity contribution < 1.29 is 4.74 Å². The van der Waals surface area contributed by atoms with E-state index in [1.807, 2.05) is 24.3 Å².